The van der Waals surface area contributed by atoms with E-state index >= 15 is 0 Å². The number of hydrogen-bond acceptors (Lipinski definition) is 7. The average Bonchev–Trinajstić information content (AvgIpc) is 2.36. The van der Waals surface area contributed by atoms with Crippen molar-refractivity contribution in [3.8, 4) is 5.88 Å². The second-order valence-corrected chi connectivity index (χ2v) is 6.65. The highest BCUT2D eigenvalue weighted by molar-refractivity contribution is 7.91. The molecule has 3 heterocycles. The predicted molar refractivity (Wildman–Crippen MR) is 66.9 cm³/mol. The third-order valence-corrected chi connectivity index (χ3v) is 5.00. The number of sulfone groups is 1. The highest BCUT2D eigenvalue weighted by Gasteiger charge is 2.36. The molecule has 0 aromatic carbocycles. The van der Waals surface area contributed by atoms with Crippen LogP contribution in [-0.2, 0) is 9.84 Å². The summed E-state index contributed by atoms with van der Waals surface area (Å²) < 4.78 is 28.4. The molecular weight excluding hydrogens is 256 g/mol. The molecule has 2 aliphatic heterocycles. The van der Waals surface area contributed by atoms with E-state index in [1.807, 2.05) is 4.90 Å². The molecule has 18 heavy (non-hydrogen) atoms. The van der Waals surface area contributed by atoms with Crippen LogP contribution in [-0.4, -0.2) is 56.1 Å². The Morgan fingerprint density at radius 3 is 3.11 bits per heavy atom. The lowest BCUT2D eigenvalue weighted by molar-refractivity contribution is 0.397. The normalized spacial score (nSPS) is 24.7. The zero-order valence-corrected chi connectivity index (χ0v) is 10.8. The number of nitrogens with one attached hydrogen (secondary N) is 1. The van der Waals surface area contributed by atoms with E-state index in [2.05, 4.69) is 15.3 Å². The fourth-order valence-electron chi connectivity index (χ4n) is 2.44. The van der Waals surface area contributed by atoms with Crippen LogP contribution in [0.3, 0.4) is 0 Å². The Morgan fingerprint density at radius 1 is 1.50 bits per heavy atom. The number of fused-ring (bicyclic) bond motifs is 3. The van der Waals surface area contributed by atoms with Gasteiger partial charge in [0.15, 0.2) is 15.7 Å². The molecule has 3 rings (SSSR count). The largest absolute Gasteiger partial charge is 0.479 e. The number of rotatable bonds is 1. The number of aromatic nitrogens is 2. The Hall–Kier alpha value is -1.57. The van der Waals surface area contributed by atoms with Crippen LogP contribution >= 0.6 is 0 Å². The molecule has 1 saturated heterocycles. The van der Waals surface area contributed by atoms with Gasteiger partial charge in [0.05, 0.1) is 24.7 Å². The minimum atomic E-state index is -2.93. The molecule has 7 nitrogen and oxygen atoms in total. The number of hydrogen-bond donors (Lipinski definition) is 1. The summed E-state index contributed by atoms with van der Waals surface area (Å²) in [5.41, 5.74) is 0.746. The summed E-state index contributed by atoms with van der Waals surface area (Å²) in [6.07, 6.45) is 1.44. The van der Waals surface area contributed by atoms with Crippen LogP contribution in [0.25, 0.3) is 0 Å². The molecule has 0 aliphatic carbocycles. The van der Waals surface area contributed by atoms with Crippen LogP contribution in [0, 0.1) is 0 Å². The quantitative estimate of drug-likeness (QED) is 0.737. The van der Waals surface area contributed by atoms with Crippen molar-refractivity contribution in [1.29, 1.82) is 0 Å². The lowest BCUT2D eigenvalue weighted by atomic mass is 10.2. The maximum atomic E-state index is 11.6. The number of ether oxygens (including phenoxy) is 1. The van der Waals surface area contributed by atoms with Gasteiger partial charge in [-0.3, -0.25) is 0 Å². The average molecular weight is 270 g/mol. The summed E-state index contributed by atoms with van der Waals surface area (Å²) in [7, 11) is -1.38. The van der Waals surface area contributed by atoms with Crippen molar-refractivity contribution in [1.82, 2.24) is 9.97 Å². The fraction of sp³-hybridized carbons (Fsp3) is 0.600. The molecule has 0 spiro atoms. The molecule has 2 aliphatic rings. The summed E-state index contributed by atoms with van der Waals surface area (Å²) in [4.78, 5) is 10.3. The summed E-state index contributed by atoms with van der Waals surface area (Å²) in [5, 5.41) is 3.16. The molecule has 1 N–H and O–H groups in total. The van der Waals surface area contributed by atoms with Gasteiger partial charge in [-0.1, -0.05) is 0 Å². The second kappa shape index (κ2) is 3.98. The fourth-order valence-corrected chi connectivity index (χ4v) is 3.97. The molecular formula is C10H14N4O3S. The van der Waals surface area contributed by atoms with Gasteiger partial charge >= 0.3 is 0 Å². The van der Waals surface area contributed by atoms with Crippen molar-refractivity contribution in [2.45, 2.75) is 6.04 Å². The Balaban J connectivity index is 2.00. The maximum absolute atomic E-state index is 11.6. The first-order valence-electron chi connectivity index (χ1n) is 5.70. The van der Waals surface area contributed by atoms with Gasteiger partial charge in [-0.25, -0.2) is 13.4 Å². The van der Waals surface area contributed by atoms with E-state index in [4.69, 9.17) is 4.74 Å². The zero-order chi connectivity index (χ0) is 12.8. The zero-order valence-electron chi connectivity index (χ0n) is 9.96. The van der Waals surface area contributed by atoms with Gasteiger partial charge in [0.25, 0.3) is 0 Å². The summed E-state index contributed by atoms with van der Waals surface area (Å²) in [6, 6.07) is -0.0594. The van der Waals surface area contributed by atoms with Crippen molar-refractivity contribution in [3.05, 3.63) is 6.33 Å². The lowest BCUT2D eigenvalue weighted by Crippen LogP contribution is -2.54. The molecule has 1 unspecified atom stereocenters. The first-order chi connectivity index (χ1) is 8.61. The molecule has 1 aromatic heterocycles. The molecule has 0 saturated carbocycles. The molecule has 0 bridgehead atoms. The number of methoxy groups -OCH3 is 1. The van der Waals surface area contributed by atoms with Gasteiger partial charge in [0.2, 0.25) is 5.88 Å². The standard InChI is InChI=1S/C10H14N4O3S/c1-17-10-8-9(12-6-13-10)14-2-3-18(15,16)5-7(14)4-11-8/h6-7,11H,2-5H2,1H3. The monoisotopic (exact) mass is 270 g/mol. The van der Waals surface area contributed by atoms with Crippen molar-refractivity contribution in [2.75, 3.05) is 41.9 Å². The highest BCUT2D eigenvalue weighted by Crippen LogP contribution is 2.36. The van der Waals surface area contributed by atoms with E-state index in [9.17, 15) is 8.42 Å². The molecule has 0 amide bonds. The van der Waals surface area contributed by atoms with Crippen LogP contribution in [0.5, 0.6) is 5.88 Å². The van der Waals surface area contributed by atoms with Crippen LogP contribution in [0.2, 0.25) is 0 Å². The van der Waals surface area contributed by atoms with Gasteiger partial charge in [-0.15, -0.1) is 0 Å². The minimum Gasteiger partial charge on any atom is -0.479 e. The molecule has 0 radical (unpaired) electrons. The van der Waals surface area contributed by atoms with Gasteiger partial charge < -0.3 is 15.0 Å². The highest BCUT2D eigenvalue weighted by atomic mass is 32.2. The van der Waals surface area contributed by atoms with Gasteiger partial charge in [-0.2, -0.15) is 4.98 Å². The third kappa shape index (κ3) is 1.76. The number of nitrogens with zero attached hydrogens (tertiary/aromatic N) is 3. The Morgan fingerprint density at radius 2 is 2.33 bits per heavy atom. The van der Waals surface area contributed by atoms with E-state index < -0.39 is 9.84 Å². The molecule has 1 aromatic rings. The van der Waals surface area contributed by atoms with Crippen LogP contribution in [0.15, 0.2) is 6.33 Å². The third-order valence-electron chi connectivity index (χ3n) is 3.30. The van der Waals surface area contributed by atoms with Crippen LogP contribution < -0.4 is 15.0 Å². The lowest BCUT2D eigenvalue weighted by Gasteiger charge is -2.40. The Bertz CT molecular complexity index is 574. The summed E-state index contributed by atoms with van der Waals surface area (Å²) in [6.45, 7) is 1.04. The van der Waals surface area contributed by atoms with Crippen molar-refractivity contribution < 1.29 is 13.2 Å². The summed E-state index contributed by atoms with van der Waals surface area (Å²) in [5.74, 6) is 1.57. The van der Waals surface area contributed by atoms with Crippen molar-refractivity contribution in [3.63, 3.8) is 0 Å². The van der Waals surface area contributed by atoms with Gasteiger partial charge in [-0.05, 0) is 0 Å². The van der Waals surface area contributed by atoms with E-state index in [0.29, 0.717) is 19.0 Å². The predicted octanol–water partition coefficient (Wildman–Crippen LogP) is -0.486. The molecule has 8 heteroatoms. The SMILES string of the molecule is COc1ncnc2c1NCC1CS(=O)(=O)CCN21. The first kappa shape index (κ1) is 11.5. The smallest absolute Gasteiger partial charge is 0.242 e. The van der Waals surface area contributed by atoms with Gasteiger partial charge in [0.1, 0.15) is 12.0 Å². The van der Waals surface area contributed by atoms with Crippen LogP contribution in [0.4, 0.5) is 11.5 Å². The Kier molecular flexibility index (Phi) is 2.54. The minimum absolute atomic E-state index is 0.0594. The van der Waals surface area contributed by atoms with E-state index in [1.54, 1.807) is 7.11 Å². The second-order valence-electron chi connectivity index (χ2n) is 4.42. The molecule has 1 atom stereocenters. The number of anilines is 2. The summed E-state index contributed by atoms with van der Waals surface area (Å²) >= 11 is 0. The van der Waals surface area contributed by atoms with Gasteiger partial charge in [0, 0.05) is 13.1 Å². The maximum Gasteiger partial charge on any atom is 0.242 e. The van der Waals surface area contributed by atoms with E-state index in [0.717, 1.165) is 11.5 Å². The van der Waals surface area contributed by atoms with Crippen molar-refractivity contribution in [2.24, 2.45) is 0 Å². The Labute approximate surface area is 105 Å². The topological polar surface area (TPSA) is 84.4 Å². The van der Waals surface area contributed by atoms with E-state index in [-0.39, 0.29) is 17.5 Å². The van der Waals surface area contributed by atoms with Crippen LogP contribution in [0.1, 0.15) is 0 Å². The van der Waals surface area contributed by atoms with E-state index in [1.165, 1.54) is 6.33 Å². The molecule has 1 fully saturated rings. The molecule has 98 valence electrons. The first-order valence-corrected chi connectivity index (χ1v) is 7.53. The van der Waals surface area contributed by atoms with Crippen molar-refractivity contribution >= 4 is 21.3 Å².